The molecule has 2 aromatic carbocycles. The first-order chi connectivity index (χ1) is 11.7. The van der Waals surface area contributed by atoms with E-state index >= 15 is 0 Å². The summed E-state index contributed by atoms with van der Waals surface area (Å²) >= 11 is 5.72. The van der Waals surface area contributed by atoms with Crippen LogP contribution in [0.25, 0.3) is 0 Å². The van der Waals surface area contributed by atoms with Crippen molar-refractivity contribution in [3.63, 3.8) is 0 Å². The number of para-hydroxylation sites is 1. The van der Waals surface area contributed by atoms with Crippen molar-refractivity contribution in [3.05, 3.63) is 58.9 Å². The fraction of sp³-hybridized carbons (Fsp3) is 0.188. The predicted molar refractivity (Wildman–Crippen MR) is 89.3 cm³/mol. The van der Waals surface area contributed by atoms with Gasteiger partial charge >= 0.3 is 5.97 Å². The van der Waals surface area contributed by atoms with Gasteiger partial charge in [-0.15, -0.1) is 0 Å². The van der Waals surface area contributed by atoms with Crippen molar-refractivity contribution in [3.8, 4) is 5.75 Å². The second-order valence-corrected chi connectivity index (χ2v) is 7.20. The lowest BCUT2D eigenvalue weighted by molar-refractivity contribution is -0.142. The summed E-state index contributed by atoms with van der Waals surface area (Å²) < 4.78 is 44.7. The van der Waals surface area contributed by atoms with Crippen LogP contribution in [0.3, 0.4) is 0 Å². The number of aromatic hydroxyl groups is 1. The third-order valence-electron chi connectivity index (χ3n) is 3.38. The molecule has 0 saturated carbocycles. The van der Waals surface area contributed by atoms with Gasteiger partial charge in [-0.05, 0) is 36.2 Å². The molecule has 2 N–H and O–H groups in total. The first-order valence-electron chi connectivity index (χ1n) is 7.06. The molecule has 0 radical (unpaired) electrons. The van der Waals surface area contributed by atoms with Crippen molar-refractivity contribution >= 4 is 27.6 Å². The third kappa shape index (κ3) is 4.68. The van der Waals surface area contributed by atoms with Gasteiger partial charge in [0.05, 0.1) is 12.1 Å². The third-order valence-corrected chi connectivity index (χ3v) is 5.18. The maximum atomic E-state index is 13.0. The Bertz CT molecular complexity index is 871. The molecule has 1 atom stereocenters. The molecular formula is C16H15ClFNO5S. The Morgan fingerprint density at radius 2 is 1.92 bits per heavy atom. The first-order valence-corrected chi connectivity index (χ1v) is 8.93. The van der Waals surface area contributed by atoms with E-state index < -0.39 is 38.5 Å². The molecule has 0 fully saturated rings. The van der Waals surface area contributed by atoms with Crippen LogP contribution in [0, 0.1) is 5.82 Å². The molecule has 0 saturated heterocycles. The highest BCUT2D eigenvalue weighted by Crippen LogP contribution is 2.30. The zero-order valence-corrected chi connectivity index (χ0v) is 14.6. The molecule has 0 spiro atoms. The Morgan fingerprint density at radius 1 is 1.28 bits per heavy atom. The van der Waals surface area contributed by atoms with E-state index in [0.29, 0.717) is 5.56 Å². The Labute approximate surface area is 149 Å². The Kier molecular flexibility index (Phi) is 5.99. The quantitative estimate of drug-likeness (QED) is 0.741. The van der Waals surface area contributed by atoms with Crippen LogP contribution in [0.5, 0.6) is 5.75 Å². The van der Waals surface area contributed by atoms with Gasteiger partial charge < -0.3 is 9.84 Å². The Balaban J connectivity index is 2.31. The average Bonchev–Trinajstić information content (AvgIpc) is 2.57. The number of ether oxygens (including phenoxy) is 1. The predicted octanol–water partition coefficient (Wildman–Crippen LogP) is 2.25. The molecule has 0 aromatic heterocycles. The number of carbonyl (C=O) groups is 1. The number of phenolic OH excluding ortho intramolecular Hbond substituents is 1. The minimum Gasteiger partial charge on any atom is -0.505 e. The minimum absolute atomic E-state index is 0.0620. The Hall–Kier alpha value is -2.16. The highest BCUT2D eigenvalue weighted by atomic mass is 35.5. The molecule has 6 nitrogen and oxygen atoms in total. The number of rotatable bonds is 6. The fourth-order valence-corrected chi connectivity index (χ4v) is 3.67. The molecule has 0 amide bonds. The smallest absolute Gasteiger partial charge is 0.324 e. The maximum absolute atomic E-state index is 13.0. The van der Waals surface area contributed by atoms with Crippen LogP contribution in [0.4, 0.5) is 4.39 Å². The Morgan fingerprint density at radius 3 is 2.52 bits per heavy atom. The van der Waals surface area contributed by atoms with Gasteiger partial charge in [-0.3, -0.25) is 4.79 Å². The van der Waals surface area contributed by atoms with Gasteiger partial charge in [-0.25, -0.2) is 12.8 Å². The number of benzene rings is 2. The van der Waals surface area contributed by atoms with Crippen molar-refractivity contribution in [2.24, 2.45) is 0 Å². The molecule has 2 aromatic rings. The van der Waals surface area contributed by atoms with Crippen molar-refractivity contribution in [2.75, 3.05) is 7.11 Å². The second-order valence-electron chi connectivity index (χ2n) is 5.11. The highest BCUT2D eigenvalue weighted by Gasteiger charge is 2.29. The van der Waals surface area contributed by atoms with E-state index in [1.54, 1.807) is 0 Å². The van der Waals surface area contributed by atoms with Crippen LogP contribution in [0.15, 0.2) is 47.4 Å². The van der Waals surface area contributed by atoms with Crippen molar-refractivity contribution in [1.82, 2.24) is 4.72 Å². The number of esters is 1. The maximum Gasteiger partial charge on any atom is 0.324 e. The van der Waals surface area contributed by atoms with E-state index in [1.807, 2.05) is 0 Å². The van der Waals surface area contributed by atoms with Crippen LogP contribution < -0.4 is 4.72 Å². The van der Waals surface area contributed by atoms with E-state index in [0.717, 1.165) is 13.2 Å². The minimum atomic E-state index is -4.26. The van der Waals surface area contributed by atoms with Crippen LogP contribution in [0.2, 0.25) is 5.02 Å². The molecule has 0 heterocycles. The summed E-state index contributed by atoms with van der Waals surface area (Å²) in [5.41, 5.74) is 0.523. The van der Waals surface area contributed by atoms with Gasteiger partial charge in [0.1, 0.15) is 16.8 Å². The summed E-state index contributed by atoms with van der Waals surface area (Å²) in [6.07, 6.45) is -0.0620. The summed E-state index contributed by atoms with van der Waals surface area (Å²) in [6.45, 7) is 0. The lowest BCUT2D eigenvalue weighted by atomic mass is 10.1. The summed E-state index contributed by atoms with van der Waals surface area (Å²) in [6, 6.07) is 7.81. The summed E-state index contributed by atoms with van der Waals surface area (Å²) in [5.74, 6) is -1.90. The number of carbonyl (C=O) groups excluding carboxylic acids is 1. The van der Waals surface area contributed by atoms with Crippen LogP contribution >= 0.6 is 11.6 Å². The molecule has 25 heavy (non-hydrogen) atoms. The molecule has 0 aliphatic rings. The van der Waals surface area contributed by atoms with E-state index in [1.165, 1.54) is 36.4 Å². The van der Waals surface area contributed by atoms with Gasteiger partial charge in [-0.2, -0.15) is 4.72 Å². The zero-order chi connectivity index (χ0) is 18.6. The van der Waals surface area contributed by atoms with Gasteiger partial charge in [0, 0.05) is 0 Å². The van der Waals surface area contributed by atoms with Crippen molar-refractivity contribution < 1.29 is 27.4 Å². The van der Waals surface area contributed by atoms with Gasteiger partial charge in [0.2, 0.25) is 10.0 Å². The molecule has 0 aliphatic carbocycles. The number of phenols is 1. The number of halogens is 2. The van der Waals surface area contributed by atoms with Gasteiger partial charge in [-0.1, -0.05) is 29.8 Å². The van der Waals surface area contributed by atoms with Crippen molar-refractivity contribution in [2.45, 2.75) is 17.4 Å². The topological polar surface area (TPSA) is 92.7 Å². The molecule has 0 bridgehead atoms. The number of sulfonamides is 1. The van der Waals surface area contributed by atoms with Gasteiger partial charge in [0.25, 0.3) is 0 Å². The van der Waals surface area contributed by atoms with E-state index in [9.17, 15) is 22.7 Å². The van der Waals surface area contributed by atoms with Crippen LogP contribution in [0.1, 0.15) is 5.56 Å². The van der Waals surface area contributed by atoms with Crippen molar-refractivity contribution in [1.29, 1.82) is 0 Å². The lowest BCUT2D eigenvalue weighted by Gasteiger charge is -2.17. The standard InChI is InChI=1S/C16H15ClFNO5S/c1-24-16(21)13(9-10-5-7-11(18)8-6-10)19-25(22,23)14-4-2-3-12(17)15(14)20/h2-8,13,19-20H,9H2,1H3. The molecular weight excluding hydrogens is 373 g/mol. The second kappa shape index (κ2) is 7.81. The summed E-state index contributed by atoms with van der Waals surface area (Å²) in [4.78, 5) is 11.5. The van der Waals surface area contributed by atoms with Crippen LogP contribution in [-0.4, -0.2) is 32.6 Å². The van der Waals surface area contributed by atoms with Crippen LogP contribution in [-0.2, 0) is 26.0 Å². The number of hydrogen-bond donors (Lipinski definition) is 2. The molecule has 134 valence electrons. The SMILES string of the molecule is COC(=O)C(Cc1ccc(F)cc1)NS(=O)(=O)c1cccc(Cl)c1O. The number of hydrogen-bond acceptors (Lipinski definition) is 5. The zero-order valence-electron chi connectivity index (χ0n) is 13.1. The molecule has 9 heteroatoms. The lowest BCUT2D eigenvalue weighted by Crippen LogP contribution is -2.43. The molecule has 0 aliphatic heterocycles. The molecule has 2 rings (SSSR count). The van der Waals surface area contributed by atoms with E-state index in [-0.39, 0.29) is 11.4 Å². The van der Waals surface area contributed by atoms with E-state index in [2.05, 4.69) is 9.46 Å². The normalized spacial score (nSPS) is 12.6. The monoisotopic (exact) mass is 387 g/mol. The number of methoxy groups -OCH3 is 1. The average molecular weight is 388 g/mol. The highest BCUT2D eigenvalue weighted by molar-refractivity contribution is 7.89. The summed E-state index contributed by atoms with van der Waals surface area (Å²) in [7, 11) is -3.14. The largest absolute Gasteiger partial charge is 0.505 e. The number of nitrogens with one attached hydrogen (secondary N) is 1. The fourth-order valence-electron chi connectivity index (χ4n) is 2.13. The van der Waals surface area contributed by atoms with E-state index in [4.69, 9.17) is 11.6 Å². The molecule has 1 unspecified atom stereocenters. The first kappa shape index (κ1) is 19.2. The summed E-state index contributed by atoms with van der Waals surface area (Å²) in [5, 5.41) is 9.71. The van der Waals surface area contributed by atoms with Gasteiger partial charge in [0.15, 0.2) is 5.75 Å².